The van der Waals surface area contributed by atoms with Crippen molar-refractivity contribution in [3.05, 3.63) is 52.7 Å². The fourth-order valence-electron chi connectivity index (χ4n) is 2.46. The van der Waals surface area contributed by atoms with Gasteiger partial charge in [-0.2, -0.15) is 0 Å². The van der Waals surface area contributed by atoms with E-state index in [0.717, 1.165) is 21.8 Å². The number of nitrogens with one attached hydrogen (secondary N) is 1. The molecule has 0 unspecified atom stereocenters. The average Bonchev–Trinajstić information content (AvgIpc) is 3.31. The van der Waals surface area contributed by atoms with E-state index in [1.807, 2.05) is 24.3 Å². The van der Waals surface area contributed by atoms with E-state index in [-0.39, 0.29) is 23.9 Å². The Labute approximate surface area is 154 Å². The van der Waals surface area contributed by atoms with Crippen molar-refractivity contribution in [2.45, 2.75) is 13.3 Å². The van der Waals surface area contributed by atoms with Gasteiger partial charge >= 0.3 is 5.97 Å². The molecule has 0 radical (unpaired) electrons. The van der Waals surface area contributed by atoms with Gasteiger partial charge in [-0.3, -0.25) is 14.7 Å². The number of H-pyrrole nitrogens is 1. The second-order valence-corrected chi connectivity index (χ2v) is 6.42. The molecule has 0 spiro atoms. The van der Waals surface area contributed by atoms with Crippen molar-refractivity contribution in [3.8, 4) is 16.2 Å². The van der Waals surface area contributed by atoms with Gasteiger partial charge in [0.05, 0.1) is 31.2 Å². The van der Waals surface area contributed by atoms with Crippen molar-refractivity contribution in [3.63, 3.8) is 0 Å². The molecule has 2 aromatic heterocycles. The van der Waals surface area contributed by atoms with Crippen molar-refractivity contribution in [1.82, 2.24) is 15.4 Å². The summed E-state index contributed by atoms with van der Waals surface area (Å²) in [5.41, 5.74) is 1.87. The highest BCUT2D eigenvalue weighted by molar-refractivity contribution is 7.17. The lowest BCUT2D eigenvalue weighted by atomic mass is 10.1. The maximum Gasteiger partial charge on any atom is 0.310 e. The summed E-state index contributed by atoms with van der Waals surface area (Å²) in [4.78, 5) is 25.9. The quantitative estimate of drug-likeness (QED) is 0.507. The number of rotatable bonds is 7. The molecule has 0 saturated heterocycles. The van der Waals surface area contributed by atoms with Gasteiger partial charge in [0, 0.05) is 4.88 Å². The van der Waals surface area contributed by atoms with Gasteiger partial charge in [-0.1, -0.05) is 5.21 Å². The Bertz CT molecular complexity index is 901. The molecule has 2 heterocycles. The predicted molar refractivity (Wildman–Crippen MR) is 96.5 cm³/mol. The van der Waals surface area contributed by atoms with Gasteiger partial charge in [-0.25, -0.2) is 0 Å². The van der Waals surface area contributed by atoms with Crippen molar-refractivity contribution in [1.29, 1.82) is 0 Å². The maximum atomic E-state index is 12.6. The van der Waals surface area contributed by atoms with Crippen LogP contribution >= 0.6 is 11.3 Å². The minimum atomic E-state index is -0.333. The van der Waals surface area contributed by atoms with Gasteiger partial charge < -0.3 is 9.47 Å². The summed E-state index contributed by atoms with van der Waals surface area (Å²) in [5.74, 6) is 0.158. The van der Waals surface area contributed by atoms with Crippen LogP contribution in [0.15, 0.2) is 36.5 Å². The monoisotopic (exact) mass is 371 g/mol. The van der Waals surface area contributed by atoms with E-state index in [0.29, 0.717) is 11.5 Å². The third kappa shape index (κ3) is 3.80. The highest BCUT2D eigenvalue weighted by atomic mass is 32.1. The molecule has 0 fully saturated rings. The lowest BCUT2D eigenvalue weighted by molar-refractivity contribution is -0.142. The van der Waals surface area contributed by atoms with E-state index in [4.69, 9.17) is 9.47 Å². The molecule has 0 bridgehead atoms. The molecule has 26 heavy (non-hydrogen) atoms. The second-order valence-electron chi connectivity index (χ2n) is 5.36. The van der Waals surface area contributed by atoms with Crippen LogP contribution in [0.5, 0.6) is 5.75 Å². The Balaban J connectivity index is 1.99. The van der Waals surface area contributed by atoms with Crippen molar-refractivity contribution in [2.75, 3.05) is 13.7 Å². The molecule has 0 aliphatic heterocycles. The molecule has 134 valence electrons. The third-order valence-corrected chi connectivity index (χ3v) is 4.90. The van der Waals surface area contributed by atoms with Gasteiger partial charge in [0.15, 0.2) is 5.69 Å². The first-order valence-corrected chi connectivity index (χ1v) is 8.78. The molecule has 1 aromatic carbocycles. The summed E-state index contributed by atoms with van der Waals surface area (Å²) in [7, 11) is 1.60. The highest BCUT2D eigenvalue weighted by Gasteiger charge is 2.21. The highest BCUT2D eigenvalue weighted by Crippen LogP contribution is 2.35. The van der Waals surface area contributed by atoms with Gasteiger partial charge in [0.1, 0.15) is 5.75 Å². The number of ketones is 1. The van der Waals surface area contributed by atoms with E-state index >= 15 is 0 Å². The number of hydrogen-bond donors (Lipinski definition) is 1. The number of hydrogen-bond acceptors (Lipinski definition) is 7. The van der Waals surface area contributed by atoms with Gasteiger partial charge in [-0.15, -0.1) is 16.4 Å². The zero-order chi connectivity index (χ0) is 18.5. The summed E-state index contributed by atoms with van der Waals surface area (Å²) in [6, 6.07) is 9.18. The molecule has 3 aromatic rings. The van der Waals surface area contributed by atoms with Crippen LogP contribution in [0.3, 0.4) is 0 Å². The lowest BCUT2D eigenvalue weighted by Crippen LogP contribution is -2.07. The summed E-state index contributed by atoms with van der Waals surface area (Å²) < 4.78 is 10.2. The number of benzene rings is 1. The number of methoxy groups -OCH3 is 1. The van der Waals surface area contributed by atoms with Crippen LogP contribution in [0.2, 0.25) is 0 Å². The Morgan fingerprint density at radius 3 is 2.62 bits per heavy atom. The number of esters is 1. The Hall–Kier alpha value is -3.00. The summed E-state index contributed by atoms with van der Waals surface area (Å²) in [6.07, 6.45) is 1.54. The zero-order valence-electron chi connectivity index (χ0n) is 14.3. The van der Waals surface area contributed by atoms with Crippen LogP contribution in [0.25, 0.3) is 10.4 Å². The van der Waals surface area contributed by atoms with E-state index in [2.05, 4.69) is 15.4 Å². The van der Waals surface area contributed by atoms with Gasteiger partial charge in [-0.05, 0) is 48.4 Å². The predicted octanol–water partition coefficient (Wildman–Crippen LogP) is 2.88. The fraction of sp³-hybridized carbons (Fsp3) is 0.222. The summed E-state index contributed by atoms with van der Waals surface area (Å²) in [6.45, 7) is 2.07. The first-order valence-electron chi connectivity index (χ1n) is 7.96. The number of aromatic nitrogens is 3. The van der Waals surface area contributed by atoms with Crippen molar-refractivity contribution >= 4 is 23.1 Å². The van der Waals surface area contributed by atoms with Crippen molar-refractivity contribution < 1.29 is 19.1 Å². The molecule has 0 aliphatic carbocycles. The molecular weight excluding hydrogens is 354 g/mol. The number of aromatic amines is 1. The molecule has 8 heteroatoms. The van der Waals surface area contributed by atoms with Crippen LogP contribution < -0.4 is 4.74 Å². The number of thiophene rings is 1. The largest absolute Gasteiger partial charge is 0.497 e. The average molecular weight is 371 g/mol. The van der Waals surface area contributed by atoms with E-state index in [1.54, 1.807) is 20.1 Å². The van der Waals surface area contributed by atoms with E-state index in [9.17, 15) is 9.59 Å². The number of carbonyl (C=O) groups is 2. The number of carbonyl (C=O) groups excluding carboxylic acids is 2. The Kier molecular flexibility index (Phi) is 5.43. The third-order valence-electron chi connectivity index (χ3n) is 3.67. The molecular formula is C18H17N3O4S. The van der Waals surface area contributed by atoms with E-state index < -0.39 is 0 Å². The maximum absolute atomic E-state index is 12.6. The van der Waals surface area contributed by atoms with Crippen LogP contribution in [0, 0.1) is 0 Å². The lowest BCUT2D eigenvalue weighted by Gasteiger charge is -2.05. The minimum absolute atomic E-state index is 0.0950. The first kappa shape index (κ1) is 17.8. The van der Waals surface area contributed by atoms with Crippen LogP contribution in [0.4, 0.5) is 0 Å². The SMILES string of the molecule is CCOC(=O)Cc1cc(C(=O)c2c[nH]nn2)sc1-c1ccc(OC)cc1. The summed E-state index contributed by atoms with van der Waals surface area (Å²) in [5, 5.41) is 9.86. The second kappa shape index (κ2) is 7.92. The summed E-state index contributed by atoms with van der Waals surface area (Å²) >= 11 is 1.31. The zero-order valence-corrected chi connectivity index (χ0v) is 15.1. The minimum Gasteiger partial charge on any atom is -0.497 e. The molecule has 0 saturated carbocycles. The smallest absolute Gasteiger partial charge is 0.310 e. The molecule has 1 N–H and O–H groups in total. The molecule has 0 amide bonds. The fourth-order valence-corrected chi connectivity index (χ4v) is 3.60. The molecule has 0 aliphatic rings. The van der Waals surface area contributed by atoms with E-state index in [1.165, 1.54) is 17.5 Å². The van der Waals surface area contributed by atoms with Gasteiger partial charge in [0.2, 0.25) is 5.78 Å². The first-order chi connectivity index (χ1) is 12.6. The van der Waals surface area contributed by atoms with Crippen LogP contribution in [-0.4, -0.2) is 40.9 Å². The topological polar surface area (TPSA) is 94.2 Å². The van der Waals surface area contributed by atoms with Crippen LogP contribution in [0.1, 0.15) is 27.9 Å². The van der Waals surface area contributed by atoms with Crippen LogP contribution in [-0.2, 0) is 16.0 Å². The molecule has 3 rings (SSSR count). The standard InChI is InChI=1S/C18H17N3O4S/c1-3-25-16(22)9-12-8-15(17(23)14-10-19-21-20-14)26-18(12)11-4-6-13(24-2)7-5-11/h4-8,10H,3,9H2,1-2H3,(H,19,20,21). The number of nitrogens with zero attached hydrogens (tertiary/aromatic N) is 2. The molecule has 7 nitrogen and oxygen atoms in total. The van der Waals surface area contributed by atoms with Gasteiger partial charge in [0.25, 0.3) is 0 Å². The van der Waals surface area contributed by atoms with Crippen molar-refractivity contribution in [2.24, 2.45) is 0 Å². The Morgan fingerprint density at radius 2 is 2.00 bits per heavy atom. The molecule has 0 atom stereocenters. The normalized spacial score (nSPS) is 10.5. The Morgan fingerprint density at radius 1 is 1.23 bits per heavy atom. The number of ether oxygens (including phenoxy) is 2.